The predicted octanol–water partition coefficient (Wildman–Crippen LogP) is 5.51. The van der Waals surface area contributed by atoms with Gasteiger partial charge in [0.05, 0.1) is 31.8 Å². The zero-order valence-corrected chi connectivity index (χ0v) is 30.6. The van der Waals surface area contributed by atoms with E-state index in [4.69, 9.17) is 14.2 Å². The first-order valence-electron chi connectivity index (χ1n) is 17.6. The fraction of sp³-hybridized carbons (Fsp3) is 0.300. The summed E-state index contributed by atoms with van der Waals surface area (Å²) in [6, 6.07) is 31.6. The zero-order chi connectivity index (χ0) is 37.6. The van der Waals surface area contributed by atoms with Gasteiger partial charge >= 0.3 is 6.09 Å². The van der Waals surface area contributed by atoms with E-state index in [0.717, 1.165) is 38.9 Å². The molecule has 14 heteroatoms. The summed E-state index contributed by atoms with van der Waals surface area (Å²) in [5.74, 6) is -0.216. The number of amides is 3. The lowest BCUT2D eigenvalue weighted by Crippen LogP contribution is -2.41. The van der Waals surface area contributed by atoms with Crippen molar-refractivity contribution in [3.05, 3.63) is 131 Å². The zero-order valence-electron chi connectivity index (χ0n) is 29.8. The van der Waals surface area contributed by atoms with Crippen LogP contribution in [0.5, 0.6) is 0 Å². The fourth-order valence-electron chi connectivity index (χ4n) is 6.54. The number of benzene rings is 4. The third-order valence-electron chi connectivity index (χ3n) is 9.61. The van der Waals surface area contributed by atoms with Gasteiger partial charge in [0.15, 0.2) is 6.29 Å². The van der Waals surface area contributed by atoms with Gasteiger partial charge in [-0.1, -0.05) is 116 Å². The number of thioether (sulfide) groups is 1. The number of aliphatic hydroxyl groups excluding tert-OH is 1. The first kappa shape index (κ1) is 36.9. The maximum absolute atomic E-state index is 13.2. The highest BCUT2D eigenvalue weighted by atomic mass is 32.2. The molecule has 1 unspecified atom stereocenters. The van der Waals surface area contributed by atoms with Crippen LogP contribution in [-0.2, 0) is 50.6 Å². The maximum atomic E-state index is 13.2. The number of likely N-dealkylation sites (tertiary alicyclic amines) is 1. The molecule has 2 saturated heterocycles. The Kier molecular flexibility index (Phi) is 11.4. The molecule has 5 aromatic rings. The number of aliphatic hydroxyl groups is 1. The van der Waals surface area contributed by atoms with E-state index in [1.54, 1.807) is 11.7 Å². The van der Waals surface area contributed by atoms with Crippen LogP contribution in [0.4, 0.5) is 4.79 Å². The number of nitrogens with one attached hydrogen (secondary N) is 1. The van der Waals surface area contributed by atoms with Crippen molar-refractivity contribution in [2.24, 2.45) is 13.0 Å². The summed E-state index contributed by atoms with van der Waals surface area (Å²) in [6.07, 6.45) is -1.97. The quantitative estimate of drug-likeness (QED) is 0.123. The lowest BCUT2D eigenvalue weighted by atomic mass is 9.91. The second-order valence-electron chi connectivity index (χ2n) is 13.3. The molecular weight excluding hydrogens is 709 g/mol. The van der Waals surface area contributed by atoms with E-state index in [9.17, 15) is 19.5 Å². The molecule has 278 valence electrons. The average Bonchev–Trinajstić information content (AvgIpc) is 3.73. The maximum Gasteiger partial charge on any atom is 0.408 e. The van der Waals surface area contributed by atoms with Crippen molar-refractivity contribution in [3.8, 4) is 11.1 Å². The Morgan fingerprint density at radius 1 is 0.907 bits per heavy atom. The second kappa shape index (κ2) is 16.7. The van der Waals surface area contributed by atoms with Crippen LogP contribution in [0.2, 0.25) is 0 Å². The van der Waals surface area contributed by atoms with E-state index < -0.39 is 24.3 Å². The number of ether oxygens (including phenoxy) is 3. The second-order valence-corrected chi connectivity index (χ2v) is 14.3. The number of tetrazole rings is 1. The van der Waals surface area contributed by atoms with Crippen LogP contribution in [0, 0.1) is 5.92 Å². The van der Waals surface area contributed by atoms with Gasteiger partial charge < -0.3 is 24.6 Å². The molecular formula is C40H40N6O7S. The standard InChI is InChI=1S/C40H40N6O7S/c1-25-34(24-54-39-42-43-44-45(39)2)52-38(53-36(25)30-13-11-26(22-47)12-14-30)31-17-15-29(16-18-31)32-10-6-9-28(19-32)21-46-35(48)20-33(37(46)49)41-40(50)51-23-27-7-4-3-5-8-27/h3-19,25,33-34,36,38,47H,20-24H2,1-2H3,(H,41,50)/t25-,33?,34+,36+,38+/m1/s1. The minimum Gasteiger partial charge on any atom is -0.445 e. The van der Waals surface area contributed by atoms with Gasteiger partial charge in [0.25, 0.3) is 5.91 Å². The number of aryl methyl sites for hydroxylation is 1. The Hall–Kier alpha value is -5.41. The molecule has 0 aliphatic carbocycles. The van der Waals surface area contributed by atoms with E-state index in [2.05, 4.69) is 27.8 Å². The van der Waals surface area contributed by atoms with Crippen LogP contribution in [-0.4, -0.2) is 66.0 Å². The first-order chi connectivity index (χ1) is 26.2. The summed E-state index contributed by atoms with van der Waals surface area (Å²) >= 11 is 1.52. The molecule has 2 N–H and O–H groups in total. The normalized spacial score (nSPS) is 21.3. The third kappa shape index (κ3) is 8.52. The molecule has 2 aliphatic rings. The van der Waals surface area contributed by atoms with E-state index in [-0.39, 0.29) is 50.2 Å². The van der Waals surface area contributed by atoms with Crippen LogP contribution < -0.4 is 5.32 Å². The van der Waals surface area contributed by atoms with Crippen molar-refractivity contribution in [2.45, 2.75) is 62.8 Å². The van der Waals surface area contributed by atoms with Gasteiger partial charge in [0.1, 0.15) is 12.6 Å². The minimum atomic E-state index is -0.981. The smallest absolute Gasteiger partial charge is 0.408 e. The third-order valence-corrected chi connectivity index (χ3v) is 10.7. The molecule has 0 bridgehead atoms. The van der Waals surface area contributed by atoms with Crippen molar-refractivity contribution in [1.29, 1.82) is 0 Å². The van der Waals surface area contributed by atoms with Crippen LogP contribution >= 0.6 is 11.8 Å². The lowest BCUT2D eigenvalue weighted by molar-refractivity contribution is -0.268. The topological polar surface area (TPSA) is 158 Å². The first-order valence-corrected chi connectivity index (χ1v) is 18.6. The number of alkyl carbamates (subject to hydrolysis) is 1. The van der Waals surface area contributed by atoms with Crippen LogP contribution in [0.3, 0.4) is 0 Å². The average molecular weight is 749 g/mol. The van der Waals surface area contributed by atoms with Crippen LogP contribution in [0.25, 0.3) is 11.1 Å². The van der Waals surface area contributed by atoms with E-state index in [1.807, 2.05) is 103 Å². The minimum absolute atomic E-state index is 0.00539. The SMILES string of the molecule is C[C@@H]1[C@H](CSc2nnnn2C)O[C@H](c2ccc(-c3cccc(CN4C(=O)CC(NC(=O)OCc5ccccc5)C4=O)c3)cc2)O[C@@H]1c1ccc(CO)cc1. The van der Waals surface area contributed by atoms with Gasteiger partial charge in [-0.05, 0) is 49.9 Å². The molecule has 3 amide bonds. The molecule has 1 aromatic heterocycles. The lowest BCUT2D eigenvalue weighted by Gasteiger charge is -2.41. The Morgan fingerprint density at radius 3 is 2.37 bits per heavy atom. The Morgan fingerprint density at radius 2 is 1.65 bits per heavy atom. The molecule has 2 fully saturated rings. The van der Waals surface area contributed by atoms with Crippen LogP contribution in [0.1, 0.15) is 53.6 Å². The van der Waals surface area contributed by atoms with E-state index in [1.165, 1.54) is 16.7 Å². The summed E-state index contributed by atoms with van der Waals surface area (Å²) in [5.41, 5.74) is 6.10. The molecule has 13 nitrogen and oxygen atoms in total. The molecule has 0 saturated carbocycles. The van der Waals surface area contributed by atoms with Gasteiger partial charge in [0, 0.05) is 24.3 Å². The molecule has 0 spiro atoms. The molecule has 7 rings (SSSR count). The van der Waals surface area contributed by atoms with Crippen molar-refractivity contribution in [2.75, 3.05) is 5.75 Å². The van der Waals surface area contributed by atoms with Gasteiger partial charge in [-0.3, -0.25) is 14.5 Å². The monoisotopic (exact) mass is 748 g/mol. The summed E-state index contributed by atoms with van der Waals surface area (Å²) in [4.78, 5) is 39.6. The van der Waals surface area contributed by atoms with Crippen molar-refractivity contribution in [3.63, 3.8) is 0 Å². The van der Waals surface area contributed by atoms with Crippen molar-refractivity contribution in [1.82, 2.24) is 30.4 Å². The number of imide groups is 1. The number of hydrogen-bond donors (Lipinski definition) is 2. The molecule has 4 aromatic carbocycles. The number of nitrogens with zero attached hydrogens (tertiary/aromatic N) is 5. The highest BCUT2D eigenvalue weighted by molar-refractivity contribution is 7.99. The van der Waals surface area contributed by atoms with Gasteiger partial charge in [0.2, 0.25) is 11.1 Å². The van der Waals surface area contributed by atoms with Gasteiger partial charge in [-0.15, -0.1) is 5.10 Å². The predicted molar refractivity (Wildman–Crippen MR) is 198 cm³/mol. The van der Waals surface area contributed by atoms with Crippen LogP contribution in [0.15, 0.2) is 108 Å². The number of rotatable bonds is 12. The fourth-order valence-corrected chi connectivity index (χ4v) is 7.56. The Labute approximate surface area is 316 Å². The summed E-state index contributed by atoms with van der Waals surface area (Å²) in [6.45, 7) is 2.21. The van der Waals surface area contributed by atoms with E-state index in [0.29, 0.717) is 10.9 Å². The molecule has 54 heavy (non-hydrogen) atoms. The Bertz CT molecular complexity index is 2080. The number of hydrogen-bond acceptors (Lipinski definition) is 11. The molecule has 3 heterocycles. The Balaban J connectivity index is 1.01. The molecule has 2 aliphatic heterocycles. The van der Waals surface area contributed by atoms with Gasteiger partial charge in [-0.2, -0.15) is 0 Å². The molecule has 5 atom stereocenters. The number of carbonyl (C=O) groups is 3. The van der Waals surface area contributed by atoms with Gasteiger partial charge in [-0.25, -0.2) is 9.48 Å². The van der Waals surface area contributed by atoms with Crippen molar-refractivity contribution < 1.29 is 33.7 Å². The van der Waals surface area contributed by atoms with Crippen molar-refractivity contribution >= 4 is 29.7 Å². The number of carbonyl (C=O) groups excluding carboxylic acids is 3. The number of aromatic nitrogens is 4. The highest BCUT2D eigenvalue weighted by Gasteiger charge is 2.40. The summed E-state index contributed by atoms with van der Waals surface area (Å²) in [7, 11) is 1.80. The highest BCUT2D eigenvalue weighted by Crippen LogP contribution is 2.43. The molecule has 0 radical (unpaired) electrons. The summed E-state index contributed by atoms with van der Waals surface area (Å²) in [5, 5.41) is 24.6. The van der Waals surface area contributed by atoms with E-state index >= 15 is 0 Å². The summed E-state index contributed by atoms with van der Waals surface area (Å²) < 4.78 is 20.1. The largest absolute Gasteiger partial charge is 0.445 e.